The molecule has 0 aliphatic heterocycles. The first-order valence-electron chi connectivity index (χ1n) is 9.03. The van der Waals surface area contributed by atoms with Crippen molar-refractivity contribution in [2.45, 2.75) is 90.4 Å². The molecule has 0 saturated heterocycles. The van der Waals surface area contributed by atoms with Crippen molar-refractivity contribution in [3.05, 3.63) is 24.5 Å². The Morgan fingerprint density at radius 1 is 0.783 bits per heavy atom. The maximum absolute atomic E-state index is 10.2. The third kappa shape index (κ3) is 21.2. The van der Waals surface area contributed by atoms with Crippen LogP contribution in [0.25, 0.3) is 0 Å². The van der Waals surface area contributed by atoms with E-state index in [9.17, 15) is 8.42 Å². The topological polar surface area (TPSA) is 63.6 Å². The molecule has 0 spiro atoms. The van der Waals surface area contributed by atoms with Crippen LogP contribution in [-0.4, -0.2) is 13.0 Å². The van der Waals surface area contributed by atoms with Crippen molar-refractivity contribution in [1.29, 1.82) is 0 Å². The van der Waals surface area contributed by atoms with E-state index in [-0.39, 0.29) is 0 Å². The fourth-order valence-corrected chi connectivity index (χ4v) is 2.63. The van der Waals surface area contributed by atoms with Crippen molar-refractivity contribution >= 4 is 10.4 Å². The lowest BCUT2D eigenvalue weighted by Crippen LogP contribution is -1.96. The predicted molar refractivity (Wildman–Crippen MR) is 96.6 cm³/mol. The van der Waals surface area contributed by atoms with Gasteiger partial charge in [0.25, 0.3) is 0 Å². The van der Waals surface area contributed by atoms with Crippen molar-refractivity contribution in [3.8, 4) is 0 Å². The zero-order chi connectivity index (χ0) is 17.2. The van der Waals surface area contributed by atoms with E-state index < -0.39 is 10.4 Å². The molecular formula is C18H34O4S. The fraction of sp³-hybridized carbons (Fsp3) is 0.778. The average molecular weight is 347 g/mol. The van der Waals surface area contributed by atoms with Gasteiger partial charge in [-0.25, -0.2) is 0 Å². The average Bonchev–Trinajstić information content (AvgIpc) is 2.49. The summed E-state index contributed by atoms with van der Waals surface area (Å²) in [7, 11) is -4.37. The maximum Gasteiger partial charge on any atom is 0.445 e. The standard InChI is InChI=1S/C18H34O4S/c1-2-3-4-5-6-7-8-9-10-11-12-13-14-15-16-17-18-22-23(19,20)21/h15-18H,2-14H2,1H3,(H,19,20,21). The summed E-state index contributed by atoms with van der Waals surface area (Å²) in [6.07, 6.45) is 23.2. The molecule has 0 fully saturated rings. The minimum Gasteiger partial charge on any atom is -0.370 e. The second-order valence-corrected chi connectivity index (χ2v) is 7.01. The van der Waals surface area contributed by atoms with Crippen molar-refractivity contribution < 1.29 is 17.2 Å². The third-order valence-corrected chi connectivity index (χ3v) is 4.08. The van der Waals surface area contributed by atoms with Crippen LogP contribution in [0, 0.1) is 0 Å². The summed E-state index contributed by atoms with van der Waals surface area (Å²) in [5.74, 6) is 0. The second kappa shape index (κ2) is 16.1. The molecule has 0 saturated carbocycles. The lowest BCUT2D eigenvalue weighted by atomic mass is 10.0. The molecule has 0 amide bonds. The molecule has 0 bridgehead atoms. The Morgan fingerprint density at radius 3 is 1.74 bits per heavy atom. The second-order valence-electron chi connectivity index (χ2n) is 5.96. The van der Waals surface area contributed by atoms with Gasteiger partial charge in [-0.3, -0.25) is 4.55 Å². The van der Waals surface area contributed by atoms with Crippen molar-refractivity contribution in [3.63, 3.8) is 0 Å². The van der Waals surface area contributed by atoms with Gasteiger partial charge in [-0.2, -0.15) is 8.42 Å². The van der Waals surface area contributed by atoms with E-state index >= 15 is 0 Å². The zero-order valence-electron chi connectivity index (χ0n) is 14.6. The van der Waals surface area contributed by atoms with Crippen molar-refractivity contribution in [1.82, 2.24) is 0 Å². The molecular weight excluding hydrogens is 312 g/mol. The van der Waals surface area contributed by atoms with Crippen molar-refractivity contribution in [2.24, 2.45) is 0 Å². The molecule has 4 nitrogen and oxygen atoms in total. The highest BCUT2D eigenvalue weighted by atomic mass is 32.3. The Morgan fingerprint density at radius 2 is 1.26 bits per heavy atom. The first-order valence-corrected chi connectivity index (χ1v) is 10.4. The smallest absolute Gasteiger partial charge is 0.370 e. The summed E-state index contributed by atoms with van der Waals surface area (Å²) >= 11 is 0. The van der Waals surface area contributed by atoms with Gasteiger partial charge in [0.15, 0.2) is 0 Å². The third-order valence-electron chi connectivity index (χ3n) is 3.73. The molecule has 0 aliphatic rings. The summed E-state index contributed by atoms with van der Waals surface area (Å²) in [6.45, 7) is 2.25. The monoisotopic (exact) mass is 346 g/mol. The van der Waals surface area contributed by atoms with E-state index in [4.69, 9.17) is 4.55 Å². The summed E-state index contributed by atoms with van der Waals surface area (Å²) in [4.78, 5) is 0. The van der Waals surface area contributed by atoms with Crippen LogP contribution in [0.2, 0.25) is 0 Å². The van der Waals surface area contributed by atoms with Gasteiger partial charge in [-0.15, -0.1) is 0 Å². The molecule has 1 N–H and O–H groups in total. The lowest BCUT2D eigenvalue weighted by Gasteiger charge is -2.02. The predicted octanol–water partition coefficient (Wildman–Crippen LogP) is 5.97. The number of hydrogen-bond donors (Lipinski definition) is 1. The van der Waals surface area contributed by atoms with E-state index in [2.05, 4.69) is 11.1 Å². The van der Waals surface area contributed by atoms with Gasteiger partial charge in [-0.05, 0) is 18.9 Å². The Bertz CT molecular complexity index is 399. The molecule has 0 rings (SSSR count). The molecule has 136 valence electrons. The summed E-state index contributed by atoms with van der Waals surface area (Å²) < 4.78 is 32.9. The van der Waals surface area contributed by atoms with Crippen LogP contribution in [0.15, 0.2) is 24.5 Å². The van der Waals surface area contributed by atoms with Crippen LogP contribution < -0.4 is 0 Å². The summed E-state index contributed by atoms with van der Waals surface area (Å²) in [5, 5.41) is 0. The SMILES string of the molecule is CCCCCCCCCCCCCCC=CC=COS(=O)(=O)O. The van der Waals surface area contributed by atoms with Crippen LogP contribution in [0.5, 0.6) is 0 Å². The number of hydrogen-bond acceptors (Lipinski definition) is 3. The number of rotatable bonds is 16. The molecule has 0 aromatic rings. The van der Waals surface area contributed by atoms with Gasteiger partial charge in [0, 0.05) is 0 Å². The van der Waals surface area contributed by atoms with Gasteiger partial charge < -0.3 is 4.18 Å². The molecule has 0 aromatic carbocycles. The number of unbranched alkanes of at least 4 members (excludes halogenated alkanes) is 12. The molecule has 0 radical (unpaired) electrons. The Balaban J connectivity index is 3.21. The van der Waals surface area contributed by atoms with Crippen LogP contribution in [0.4, 0.5) is 0 Å². The Hall–Kier alpha value is -0.810. The van der Waals surface area contributed by atoms with Crippen LogP contribution in [0.1, 0.15) is 90.4 Å². The highest BCUT2D eigenvalue weighted by Crippen LogP contribution is 2.12. The van der Waals surface area contributed by atoms with E-state index in [0.717, 1.165) is 19.1 Å². The quantitative estimate of drug-likeness (QED) is 0.162. The minimum absolute atomic E-state index is 0.952. The van der Waals surface area contributed by atoms with E-state index in [1.807, 2.05) is 6.08 Å². The lowest BCUT2D eigenvalue weighted by molar-refractivity contribution is 0.356. The van der Waals surface area contributed by atoms with Gasteiger partial charge in [0.1, 0.15) is 6.26 Å². The Labute approximate surface area is 143 Å². The Kier molecular flexibility index (Phi) is 15.5. The van der Waals surface area contributed by atoms with E-state index in [0.29, 0.717) is 0 Å². The molecule has 23 heavy (non-hydrogen) atoms. The van der Waals surface area contributed by atoms with Gasteiger partial charge in [-0.1, -0.05) is 89.7 Å². The largest absolute Gasteiger partial charge is 0.445 e. The van der Waals surface area contributed by atoms with Crippen LogP contribution >= 0.6 is 0 Å². The van der Waals surface area contributed by atoms with Crippen LogP contribution in [0.3, 0.4) is 0 Å². The maximum atomic E-state index is 10.2. The first kappa shape index (κ1) is 22.2. The highest BCUT2D eigenvalue weighted by Gasteiger charge is 1.97. The summed E-state index contributed by atoms with van der Waals surface area (Å²) in [5.41, 5.74) is 0. The molecule has 0 unspecified atom stereocenters. The molecule has 0 heterocycles. The van der Waals surface area contributed by atoms with Gasteiger partial charge in [0.05, 0.1) is 0 Å². The van der Waals surface area contributed by atoms with E-state index in [1.165, 1.54) is 76.7 Å². The number of allylic oxidation sites excluding steroid dienone is 3. The molecule has 0 atom stereocenters. The highest BCUT2D eigenvalue weighted by molar-refractivity contribution is 7.81. The van der Waals surface area contributed by atoms with E-state index in [1.54, 1.807) is 6.08 Å². The first-order chi connectivity index (χ1) is 11.1. The normalized spacial score (nSPS) is 12.4. The summed E-state index contributed by atoms with van der Waals surface area (Å²) in [6, 6.07) is 0. The minimum atomic E-state index is -4.37. The van der Waals surface area contributed by atoms with Gasteiger partial charge >= 0.3 is 10.4 Å². The van der Waals surface area contributed by atoms with Gasteiger partial charge in [0.2, 0.25) is 0 Å². The molecule has 0 aromatic heterocycles. The molecule has 5 heteroatoms. The molecule has 0 aliphatic carbocycles. The van der Waals surface area contributed by atoms with Crippen molar-refractivity contribution in [2.75, 3.05) is 0 Å². The zero-order valence-corrected chi connectivity index (χ0v) is 15.4. The fourth-order valence-electron chi connectivity index (χ4n) is 2.43. The van der Waals surface area contributed by atoms with Crippen LogP contribution in [-0.2, 0) is 14.6 Å².